The number of nitrogens with zero attached hydrogens (tertiary/aromatic N) is 1. The third-order valence-electron chi connectivity index (χ3n) is 3.82. The maximum Gasteiger partial charge on any atom is 0.417 e. The molecule has 0 amide bonds. The van der Waals surface area contributed by atoms with Gasteiger partial charge in [-0.05, 0) is 35.9 Å². The first-order valence-electron chi connectivity index (χ1n) is 8.37. The van der Waals surface area contributed by atoms with Crippen molar-refractivity contribution < 1.29 is 36.2 Å². The van der Waals surface area contributed by atoms with Crippen molar-refractivity contribution in [3.8, 4) is 23.3 Å². The molecule has 3 rings (SSSR count). The van der Waals surface area contributed by atoms with Crippen LogP contribution in [0.1, 0.15) is 11.1 Å². The van der Waals surface area contributed by atoms with Crippen LogP contribution in [0, 0.1) is 11.6 Å². The van der Waals surface area contributed by atoms with E-state index in [9.17, 15) is 26.7 Å². The van der Waals surface area contributed by atoms with Crippen LogP contribution in [-0.2, 0) is 12.8 Å². The third-order valence-corrected chi connectivity index (χ3v) is 4.15. The second-order valence-electron chi connectivity index (χ2n) is 6.01. The van der Waals surface area contributed by atoms with Gasteiger partial charge in [-0.25, -0.2) is 13.6 Å². The van der Waals surface area contributed by atoms with E-state index in [1.165, 1.54) is 13.2 Å². The number of alkyl halides is 3. The lowest BCUT2D eigenvalue weighted by molar-refractivity contribution is -0.137. The molecule has 31 heavy (non-hydrogen) atoms. The molecular weight excluding hydrogens is 451 g/mol. The zero-order valence-corrected chi connectivity index (χ0v) is 16.3. The van der Waals surface area contributed by atoms with Gasteiger partial charge in [-0.1, -0.05) is 11.6 Å². The average Bonchev–Trinajstić information content (AvgIpc) is 2.69. The fourth-order valence-electron chi connectivity index (χ4n) is 2.45. The summed E-state index contributed by atoms with van der Waals surface area (Å²) in [6.45, 7) is -0.351. The first-order valence-corrected chi connectivity index (χ1v) is 8.75. The lowest BCUT2D eigenvalue weighted by Crippen LogP contribution is -2.13. The van der Waals surface area contributed by atoms with Crippen LogP contribution in [0.25, 0.3) is 0 Å². The zero-order chi connectivity index (χ0) is 22.8. The normalized spacial score (nSPS) is 11.3. The van der Waals surface area contributed by atoms with E-state index in [0.29, 0.717) is 6.07 Å². The minimum Gasteiger partial charge on any atom is -0.481 e. The Morgan fingerprint density at radius 2 is 1.77 bits per heavy atom. The van der Waals surface area contributed by atoms with Gasteiger partial charge >= 0.3 is 11.9 Å². The first-order chi connectivity index (χ1) is 14.6. The van der Waals surface area contributed by atoms with Gasteiger partial charge in [-0.2, -0.15) is 18.2 Å². The highest BCUT2D eigenvalue weighted by Crippen LogP contribution is 2.38. The number of aromatic nitrogens is 2. The van der Waals surface area contributed by atoms with Gasteiger partial charge in [0.2, 0.25) is 11.8 Å². The van der Waals surface area contributed by atoms with Gasteiger partial charge in [-0.3, -0.25) is 4.98 Å². The standard InChI is InChI=1S/C19H12ClF5N2O4/c1-29-15-7-16(27-18(28)26-15)30-8-9-4-13(21)17(14(22)5-9)31-10-2-3-12(20)11(6-10)19(23,24)25/h2-7H,8H2,1H3,(H,26,27,28). The third kappa shape index (κ3) is 5.43. The van der Waals surface area contributed by atoms with E-state index in [4.69, 9.17) is 25.8 Å². The molecule has 0 fully saturated rings. The molecule has 0 spiro atoms. The van der Waals surface area contributed by atoms with Crippen molar-refractivity contribution in [2.24, 2.45) is 0 Å². The summed E-state index contributed by atoms with van der Waals surface area (Å²) in [7, 11) is 1.29. The summed E-state index contributed by atoms with van der Waals surface area (Å²) in [6.07, 6.45) is -4.77. The van der Waals surface area contributed by atoms with Crippen LogP contribution in [0.2, 0.25) is 5.02 Å². The van der Waals surface area contributed by atoms with E-state index in [1.54, 1.807) is 0 Å². The van der Waals surface area contributed by atoms with Crippen LogP contribution in [0.3, 0.4) is 0 Å². The van der Waals surface area contributed by atoms with E-state index >= 15 is 0 Å². The van der Waals surface area contributed by atoms with Gasteiger partial charge in [0, 0.05) is 0 Å². The maximum absolute atomic E-state index is 14.4. The number of aromatic amines is 1. The number of hydrogen-bond acceptors (Lipinski definition) is 5. The Hall–Kier alpha value is -3.34. The van der Waals surface area contributed by atoms with Crippen molar-refractivity contribution in [2.45, 2.75) is 12.8 Å². The van der Waals surface area contributed by atoms with Crippen molar-refractivity contribution in [1.29, 1.82) is 0 Å². The number of rotatable bonds is 6. The summed E-state index contributed by atoms with van der Waals surface area (Å²) < 4.78 is 82.6. The predicted octanol–water partition coefficient (Wildman–Crippen LogP) is 5.10. The summed E-state index contributed by atoms with van der Waals surface area (Å²) in [5.41, 5.74) is -1.94. The molecule has 1 aromatic heterocycles. The molecule has 0 radical (unpaired) electrons. The minimum absolute atomic E-state index is 0.0195. The largest absolute Gasteiger partial charge is 0.481 e. The molecule has 164 valence electrons. The van der Waals surface area contributed by atoms with Crippen molar-refractivity contribution in [3.63, 3.8) is 0 Å². The van der Waals surface area contributed by atoms with E-state index in [1.807, 2.05) is 0 Å². The predicted molar refractivity (Wildman–Crippen MR) is 98.6 cm³/mol. The second-order valence-corrected chi connectivity index (χ2v) is 6.42. The second kappa shape index (κ2) is 8.80. The zero-order valence-electron chi connectivity index (χ0n) is 15.5. The highest BCUT2D eigenvalue weighted by Gasteiger charge is 2.33. The van der Waals surface area contributed by atoms with Gasteiger partial charge < -0.3 is 14.2 Å². The lowest BCUT2D eigenvalue weighted by Gasteiger charge is -2.13. The van der Waals surface area contributed by atoms with Crippen LogP contribution in [0.15, 0.2) is 41.2 Å². The first kappa shape index (κ1) is 22.3. The topological polar surface area (TPSA) is 73.4 Å². The Morgan fingerprint density at radius 1 is 1.10 bits per heavy atom. The quantitative estimate of drug-likeness (QED) is 0.516. The number of benzene rings is 2. The molecule has 0 aliphatic carbocycles. The molecule has 1 N–H and O–H groups in total. The summed E-state index contributed by atoms with van der Waals surface area (Å²) in [4.78, 5) is 17.1. The highest BCUT2D eigenvalue weighted by molar-refractivity contribution is 6.31. The fourth-order valence-corrected chi connectivity index (χ4v) is 2.68. The number of nitrogens with one attached hydrogen (secondary N) is 1. The molecule has 0 atom stereocenters. The van der Waals surface area contributed by atoms with Crippen LogP contribution < -0.4 is 19.9 Å². The molecule has 12 heteroatoms. The van der Waals surface area contributed by atoms with E-state index in [-0.39, 0.29) is 23.9 Å². The molecule has 0 unspecified atom stereocenters. The molecule has 0 saturated carbocycles. The summed E-state index contributed by atoms with van der Waals surface area (Å²) in [5, 5.41) is -0.584. The van der Waals surface area contributed by atoms with E-state index in [0.717, 1.165) is 24.3 Å². The molecule has 0 saturated heterocycles. The number of H-pyrrole nitrogens is 1. The Kier molecular flexibility index (Phi) is 6.34. The van der Waals surface area contributed by atoms with Crippen LogP contribution in [0.5, 0.6) is 23.3 Å². The molecule has 3 aromatic rings. The Balaban J connectivity index is 1.80. The molecule has 0 aliphatic rings. The van der Waals surface area contributed by atoms with E-state index < -0.39 is 45.6 Å². The van der Waals surface area contributed by atoms with Crippen LogP contribution >= 0.6 is 11.6 Å². The van der Waals surface area contributed by atoms with Crippen molar-refractivity contribution >= 4 is 11.6 Å². The summed E-state index contributed by atoms with van der Waals surface area (Å²) in [5.74, 6) is -3.80. The SMILES string of the molecule is COc1cc(OCc2cc(F)c(Oc3ccc(Cl)c(C(F)(F)F)c3)c(F)c2)[nH]c(=O)n1. The Bertz CT molecular complexity index is 1140. The molecule has 0 aliphatic heterocycles. The number of ether oxygens (including phenoxy) is 3. The number of methoxy groups -OCH3 is 1. The maximum atomic E-state index is 14.4. The molecule has 0 bridgehead atoms. The van der Waals surface area contributed by atoms with Gasteiger partial charge in [0.05, 0.1) is 23.8 Å². The summed E-state index contributed by atoms with van der Waals surface area (Å²) >= 11 is 5.51. The Labute approximate surface area is 176 Å². The van der Waals surface area contributed by atoms with Gasteiger partial charge in [0.25, 0.3) is 0 Å². The number of halogens is 6. The van der Waals surface area contributed by atoms with Crippen LogP contribution in [-0.4, -0.2) is 17.1 Å². The lowest BCUT2D eigenvalue weighted by atomic mass is 10.2. The van der Waals surface area contributed by atoms with Gasteiger partial charge in [0.1, 0.15) is 12.4 Å². The minimum atomic E-state index is -4.77. The van der Waals surface area contributed by atoms with Crippen LogP contribution in [0.4, 0.5) is 22.0 Å². The molecular formula is C19H12ClF5N2O4. The molecule has 6 nitrogen and oxygen atoms in total. The smallest absolute Gasteiger partial charge is 0.417 e. The van der Waals surface area contributed by atoms with Crippen molar-refractivity contribution in [2.75, 3.05) is 7.11 Å². The fraction of sp³-hybridized carbons (Fsp3) is 0.158. The van der Waals surface area contributed by atoms with Crippen molar-refractivity contribution in [3.05, 3.63) is 74.7 Å². The van der Waals surface area contributed by atoms with Gasteiger partial charge in [-0.15, -0.1) is 0 Å². The molecule has 1 heterocycles. The monoisotopic (exact) mass is 462 g/mol. The number of hydrogen-bond donors (Lipinski definition) is 1. The van der Waals surface area contributed by atoms with Crippen molar-refractivity contribution in [1.82, 2.24) is 9.97 Å². The summed E-state index contributed by atoms with van der Waals surface area (Å²) in [6, 6.07) is 5.48. The van der Waals surface area contributed by atoms with Gasteiger partial charge in [0.15, 0.2) is 17.4 Å². The Morgan fingerprint density at radius 3 is 2.39 bits per heavy atom. The highest BCUT2D eigenvalue weighted by atomic mass is 35.5. The molecule has 2 aromatic carbocycles. The van der Waals surface area contributed by atoms with E-state index in [2.05, 4.69) is 9.97 Å². The average molecular weight is 463 g/mol.